The van der Waals surface area contributed by atoms with Crippen LogP contribution in [0.4, 0.5) is 0 Å². The van der Waals surface area contributed by atoms with Crippen molar-refractivity contribution >= 4 is 16.8 Å². The van der Waals surface area contributed by atoms with Gasteiger partial charge in [-0.1, -0.05) is 12.1 Å². The first-order valence-electron chi connectivity index (χ1n) is 7.79. The van der Waals surface area contributed by atoms with Gasteiger partial charge in [-0.05, 0) is 38.4 Å². The Kier molecular flexibility index (Phi) is 4.29. The molecule has 1 amide bonds. The van der Waals surface area contributed by atoms with E-state index in [4.69, 9.17) is 0 Å². The summed E-state index contributed by atoms with van der Waals surface area (Å²) in [5.74, 6) is -0.313. The highest BCUT2D eigenvalue weighted by molar-refractivity contribution is 5.79. The summed E-state index contributed by atoms with van der Waals surface area (Å²) in [5.41, 5.74) is -0.535. The normalized spacial score (nSPS) is 21.3. The minimum atomic E-state index is -0.567. The molecular formula is C16H20N4O3. The molecule has 3 rings (SSSR count). The molecule has 3 N–H and O–H groups in total. The zero-order valence-electron chi connectivity index (χ0n) is 13.0. The molecule has 1 fully saturated rings. The van der Waals surface area contributed by atoms with Gasteiger partial charge in [0.25, 0.3) is 5.56 Å². The smallest absolute Gasteiger partial charge is 0.329 e. The summed E-state index contributed by atoms with van der Waals surface area (Å²) in [6.45, 7) is 2.65. The highest BCUT2D eigenvalue weighted by Crippen LogP contribution is 2.08. The lowest BCUT2D eigenvalue weighted by Crippen LogP contribution is -2.48. The molecule has 0 saturated carbocycles. The number of aromatic amines is 1. The molecule has 0 radical (unpaired) electrons. The summed E-state index contributed by atoms with van der Waals surface area (Å²) in [5, 5.41) is 6.62. The van der Waals surface area contributed by atoms with Gasteiger partial charge in [0.05, 0.1) is 10.9 Å². The number of benzene rings is 1. The second-order valence-corrected chi connectivity index (χ2v) is 6.01. The Labute approximate surface area is 132 Å². The van der Waals surface area contributed by atoms with Crippen LogP contribution in [0.25, 0.3) is 10.9 Å². The van der Waals surface area contributed by atoms with E-state index < -0.39 is 11.2 Å². The maximum atomic E-state index is 12.4. The van der Waals surface area contributed by atoms with Gasteiger partial charge in [0.15, 0.2) is 0 Å². The minimum Gasteiger partial charge on any atom is -0.352 e. The largest absolute Gasteiger partial charge is 0.352 e. The Morgan fingerprint density at radius 2 is 2.13 bits per heavy atom. The molecule has 2 atom stereocenters. The summed E-state index contributed by atoms with van der Waals surface area (Å²) in [7, 11) is 0. The molecule has 2 heterocycles. The fourth-order valence-corrected chi connectivity index (χ4v) is 3.02. The molecule has 1 aromatic heterocycles. The molecule has 0 aliphatic carbocycles. The Morgan fingerprint density at radius 3 is 2.91 bits per heavy atom. The second kappa shape index (κ2) is 6.37. The number of nitrogens with zero attached hydrogens (tertiary/aromatic N) is 1. The molecule has 2 aromatic rings. The standard InChI is InChI=1S/C16H20N4O3/c1-10-8-11(6-7-17-10)18-14(21)9-20-15(22)12-4-2-3-5-13(12)19-16(20)23/h2-5,10-11,17H,6-9H2,1H3,(H,18,21)(H,19,23). The number of aromatic nitrogens is 2. The van der Waals surface area contributed by atoms with Crippen LogP contribution in [-0.2, 0) is 11.3 Å². The third kappa shape index (κ3) is 3.34. The maximum Gasteiger partial charge on any atom is 0.329 e. The van der Waals surface area contributed by atoms with E-state index in [0.29, 0.717) is 16.9 Å². The summed E-state index contributed by atoms with van der Waals surface area (Å²) in [4.78, 5) is 39.2. The van der Waals surface area contributed by atoms with Crippen molar-refractivity contribution in [2.24, 2.45) is 0 Å². The van der Waals surface area contributed by atoms with Gasteiger partial charge in [0.2, 0.25) is 5.91 Å². The van der Waals surface area contributed by atoms with E-state index in [9.17, 15) is 14.4 Å². The van der Waals surface area contributed by atoms with E-state index >= 15 is 0 Å². The number of nitrogens with one attached hydrogen (secondary N) is 3. The molecule has 122 valence electrons. The van der Waals surface area contributed by atoms with E-state index in [1.165, 1.54) is 0 Å². The van der Waals surface area contributed by atoms with Crippen LogP contribution in [-0.4, -0.2) is 34.1 Å². The lowest BCUT2D eigenvalue weighted by atomic mass is 10.0. The summed E-state index contributed by atoms with van der Waals surface area (Å²) < 4.78 is 0.947. The van der Waals surface area contributed by atoms with Gasteiger partial charge in [0, 0.05) is 12.1 Å². The Hall–Kier alpha value is -2.41. The molecule has 2 unspecified atom stereocenters. The van der Waals surface area contributed by atoms with Gasteiger partial charge in [-0.25, -0.2) is 4.79 Å². The summed E-state index contributed by atoms with van der Waals surface area (Å²) in [6, 6.07) is 7.19. The fourth-order valence-electron chi connectivity index (χ4n) is 3.02. The van der Waals surface area contributed by atoms with Crippen LogP contribution in [0.1, 0.15) is 19.8 Å². The minimum absolute atomic E-state index is 0.0778. The molecule has 7 nitrogen and oxygen atoms in total. The molecule has 1 aliphatic rings. The van der Waals surface area contributed by atoms with Crippen molar-refractivity contribution in [2.45, 2.75) is 38.4 Å². The number of amides is 1. The Balaban J connectivity index is 1.80. The van der Waals surface area contributed by atoms with Crippen LogP contribution >= 0.6 is 0 Å². The highest BCUT2D eigenvalue weighted by atomic mass is 16.2. The van der Waals surface area contributed by atoms with Gasteiger partial charge in [0.1, 0.15) is 6.54 Å². The fraction of sp³-hybridized carbons (Fsp3) is 0.438. The number of hydrogen-bond acceptors (Lipinski definition) is 4. The number of fused-ring (bicyclic) bond motifs is 1. The molecule has 7 heteroatoms. The van der Waals surface area contributed by atoms with Crippen LogP contribution in [0.3, 0.4) is 0 Å². The third-order valence-electron chi connectivity index (χ3n) is 4.18. The average molecular weight is 316 g/mol. The number of piperidine rings is 1. The number of carbonyl (C=O) groups is 1. The zero-order chi connectivity index (χ0) is 16.4. The molecule has 0 bridgehead atoms. The van der Waals surface area contributed by atoms with Crippen LogP contribution in [0.15, 0.2) is 33.9 Å². The summed E-state index contributed by atoms with van der Waals surface area (Å²) in [6.07, 6.45) is 1.69. The maximum absolute atomic E-state index is 12.4. The molecule has 1 aromatic carbocycles. The zero-order valence-corrected chi connectivity index (χ0v) is 13.0. The van der Waals surface area contributed by atoms with E-state index in [1.54, 1.807) is 24.3 Å². The van der Waals surface area contributed by atoms with Crippen molar-refractivity contribution in [2.75, 3.05) is 6.54 Å². The molecule has 23 heavy (non-hydrogen) atoms. The van der Waals surface area contributed by atoms with Crippen LogP contribution in [0.2, 0.25) is 0 Å². The summed E-state index contributed by atoms with van der Waals surface area (Å²) >= 11 is 0. The van der Waals surface area contributed by atoms with E-state index in [2.05, 4.69) is 22.5 Å². The Bertz CT molecular complexity index is 839. The quantitative estimate of drug-likeness (QED) is 0.739. The van der Waals surface area contributed by atoms with Crippen molar-refractivity contribution in [3.8, 4) is 0 Å². The third-order valence-corrected chi connectivity index (χ3v) is 4.18. The number of rotatable bonds is 3. The molecule has 0 spiro atoms. The van der Waals surface area contributed by atoms with Crippen molar-refractivity contribution in [1.29, 1.82) is 0 Å². The van der Waals surface area contributed by atoms with Crippen molar-refractivity contribution in [3.05, 3.63) is 45.1 Å². The topological polar surface area (TPSA) is 96.0 Å². The Morgan fingerprint density at radius 1 is 1.35 bits per heavy atom. The second-order valence-electron chi connectivity index (χ2n) is 6.01. The van der Waals surface area contributed by atoms with E-state index in [1.807, 2.05) is 0 Å². The first kappa shape index (κ1) is 15.5. The first-order valence-corrected chi connectivity index (χ1v) is 7.79. The van der Waals surface area contributed by atoms with Gasteiger partial charge >= 0.3 is 5.69 Å². The SMILES string of the molecule is CC1CC(NC(=O)Cn2c(=O)[nH]c3ccccc3c2=O)CCN1. The van der Waals surface area contributed by atoms with Crippen LogP contribution < -0.4 is 21.9 Å². The van der Waals surface area contributed by atoms with Gasteiger partial charge in [-0.15, -0.1) is 0 Å². The predicted molar refractivity (Wildman–Crippen MR) is 87.5 cm³/mol. The van der Waals surface area contributed by atoms with Crippen LogP contribution in [0, 0.1) is 0 Å². The van der Waals surface area contributed by atoms with Gasteiger partial charge in [-0.2, -0.15) is 0 Å². The average Bonchev–Trinajstić information content (AvgIpc) is 2.51. The highest BCUT2D eigenvalue weighted by Gasteiger charge is 2.20. The molecular weight excluding hydrogens is 296 g/mol. The number of hydrogen-bond donors (Lipinski definition) is 3. The monoisotopic (exact) mass is 316 g/mol. The molecule has 1 aliphatic heterocycles. The predicted octanol–water partition coefficient (Wildman–Crippen LogP) is -0.0535. The van der Waals surface area contributed by atoms with Gasteiger partial charge in [-0.3, -0.25) is 14.2 Å². The lowest BCUT2D eigenvalue weighted by Gasteiger charge is -2.28. The van der Waals surface area contributed by atoms with Crippen molar-refractivity contribution in [1.82, 2.24) is 20.2 Å². The van der Waals surface area contributed by atoms with E-state index in [-0.39, 0.29) is 18.5 Å². The van der Waals surface area contributed by atoms with Gasteiger partial charge < -0.3 is 15.6 Å². The first-order chi connectivity index (χ1) is 11.0. The number of para-hydroxylation sites is 1. The number of carbonyl (C=O) groups excluding carboxylic acids is 1. The molecule has 1 saturated heterocycles. The number of H-pyrrole nitrogens is 1. The van der Waals surface area contributed by atoms with E-state index in [0.717, 1.165) is 24.0 Å². The van der Waals surface area contributed by atoms with Crippen molar-refractivity contribution < 1.29 is 4.79 Å². The van der Waals surface area contributed by atoms with Crippen molar-refractivity contribution in [3.63, 3.8) is 0 Å². The lowest BCUT2D eigenvalue weighted by molar-refractivity contribution is -0.122. The van der Waals surface area contributed by atoms with Crippen LogP contribution in [0.5, 0.6) is 0 Å².